The van der Waals surface area contributed by atoms with Crippen LogP contribution in [0, 0.1) is 5.82 Å². The summed E-state index contributed by atoms with van der Waals surface area (Å²) in [5.74, 6) is 0.223. The molecule has 0 aliphatic carbocycles. The average molecular weight is 325 g/mol. The molecule has 1 aliphatic heterocycles. The highest BCUT2D eigenvalue weighted by molar-refractivity contribution is 7.92. The zero-order valence-electron chi connectivity index (χ0n) is 11.5. The maximum Gasteiger partial charge on any atom is 0.262 e. The molecule has 0 aromatic heterocycles. The van der Waals surface area contributed by atoms with Crippen molar-refractivity contribution in [3.63, 3.8) is 0 Å². The SMILES string of the molecule is COc1cc(S(=O)(=O)Nc2ccc3c(c2)OCO3)ccc1F. The van der Waals surface area contributed by atoms with Crippen LogP contribution in [0.25, 0.3) is 0 Å². The molecule has 3 rings (SSSR count). The Morgan fingerprint density at radius 3 is 2.68 bits per heavy atom. The molecule has 0 saturated carbocycles. The van der Waals surface area contributed by atoms with E-state index in [1.54, 1.807) is 12.1 Å². The topological polar surface area (TPSA) is 73.9 Å². The van der Waals surface area contributed by atoms with E-state index in [9.17, 15) is 12.8 Å². The van der Waals surface area contributed by atoms with Gasteiger partial charge in [0.2, 0.25) is 6.79 Å². The van der Waals surface area contributed by atoms with Crippen LogP contribution in [0.15, 0.2) is 41.3 Å². The maximum atomic E-state index is 13.4. The minimum atomic E-state index is -3.87. The summed E-state index contributed by atoms with van der Waals surface area (Å²) in [7, 11) is -2.61. The second-order valence-corrected chi connectivity index (χ2v) is 6.15. The summed E-state index contributed by atoms with van der Waals surface area (Å²) in [5, 5.41) is 0. The average Bonchev–Trinajstić information content (AvgIpc) is 2.94. The number of hydrogen-bond acceptors (Lipinski definition) is 5. The Kier molecular flexibility index (Phi) is 3.53. The minimum absolute atomic E-state index is 0.0979. The van der Waals surface area contributed by atoms with Gasteiger partial charge in [0, 0.05) is 12.1 Å². The molecule has 0 amide bonds. The van der Waals surface area contributed by atoms with Gasteiger partial charge in [-0.05, 0) is 24.3 Å². The fraction of sp³-hybridized carbons (Fsp3) is 0.143. The molecular weight excluding hydrogens is 313 g/mol. The van der Waals surface area contributed by atoms with Crippen LogP contribution in [0.3, 0.4) is 0 Å². The summed E-state index contributed by atoms with van der Waals surface area (Å²) in [5.41, 5.74) is 0.313. The van der Waals surface area contributed by atoms with E-state index in [4.69, 9.17) is 14.2 Å². The number of anilines is 1. The Labute approximate surface area is 126 Å². The van der Waals surface area contributed by atoms with E-state index < -0.39 is 15.8 Å². The molecule has 22 heavy (non-hydrogen) atoms. The number of methoxy groups -OCH3 is 1. The van der Waals surface area contributed by atoms with Gasteiger partial charge in [-0.3, -0.25) is 4.72 Å². The molecule has 0 spiro atoms. The Morgan fingerprint density at radius 1 is 1.14 bits per heavy atom. The van der Waals surface area contributed by atoms with Crippen molar-refractivity contribution in [1.29, 1.82) is 0 Å². The molecule has 0 unspecified atom stereocenters. The quantitative estimate of drug-likeness (QED) is 0.934. The van der Waals surface area contributed by atoms with Gasteiger partial charge in [-0.25, -0.2) is 12.8 Å². The number of fused-ring (bicyclic) bond motifs is 1. The molecule has 0 atom stereocenters. The van der Waals surface area contributed by atoms with E-state index in [1.165, 1.54) is 13.2 Å². The van der Waals surface area contributed by atoms with Crippen molar-refractivity contribution in [3.05, 3.63) is 42.2 Å². The molecule has 0 radical (unpaired) electrons. The van der Waals surface area contributed by atoms with Gasteiger partial charge in [0.05, 0.1) is 17.7 Å². The van der Waals surface area contributed by atoms with Crippen molar-refractivity contribution in [1.82, 2.24) is 0 Å². The van der Waals surface area contributed by atoms with Gasteiger partial charge in [-0.15, -0.1) is 0 Å². The van der Waals surface area contributed by atoms with Crippen LogP contribution in [0.2, 0.25) is 0 Å². The lowest BCUT2D eigenvalue weighted by molar-refractivity contribution is 0.174. The highest BCUT2D eigenvalue weighted by atomic mass is 32.2. The van der Waals surface area contributed by atoms with E-state index in [0.29, 0.717) is 17.2 Å². The number of nitrogens with one attached hydrogen (secondary N) is 1. The van der Waals surface area contributed by atoms with Crippen LogP contribution in [-0.2, 0) is 10.0 Å². The Balaban J connectivity index is 1.90. The molecule has 1 N–H and O–H groups in total. The van der Waals surface area contributed by atoms with E-state index in [1.807, 2.05) is 0 Å². The fourth-order valence-electron chi connectivity index (χ4n) is 1.98. The van der Waals surface area contributed by atoms with Crippen LogP contribution in [0.4, 0.5) is 10.1 Å². The zero-order valence-corrected chi connectivity index (χ0v) is 12.3. The molecule has 1 heterocycles. The van der Waals surface area contributed by atoms with E-state index in [2.05, 4.69) is 4.72 Å². The van der Waals surface area contributed by atoms with Crippen LogP contribution < -0.4 is 18.9 Å². The highest BCUT2D eigenvalue weighted by Gasteiger charge is 2.19. The second-order valence-electron chi connectivity index (χ2n) is 4.47. The minimum Gasteiger partial charge on any atom is -0.494 e. The van der Waals surface area contributed by atoms with Gasteiger partial charge in [-0.2, -0.15) is 0 Å². The van der Waals surface area contributed by atoms with Crippen LogP contribution in [0.1, 0.15) is 0 Å². The van der Waals surface area contributed by atoms with Gasteiger partial charge < -0.3 is 14.2 Å². The van der Waals surface area contributed by atoms with Crippen molar-refractivity contribution in [3.8, 4) is 17.2 Å². The number of sulfonamides is 1. The highest BCUT2D eigenvalue weighted by Crippen LogP contribution is 2.35. The lowest BCUT2D eigenvalue weighted by atomic mass is 10.3. The molecule has 0 bridgehead atoms. The molecule has 0 fully saturated rings. The predicted molar refractivity (Wildman–Crippen MR) is 76.3 cm³/mol. The number of hydrogen-bond donors (Lipinski definition) is 1. The van der Waals surface area contributed by atoms with Crippen molar-refractivity contribution >= 4 is 15.7 Å². The monoisotopic (exact) mass is 325 g/mol. The van der Waals surface area contributed by atoms with Crippen LogP contribution >= 0.6 is 0 Å². The molecule has 8 heteroatoms. The molecular formula is C14H12FNO5S. The maximum absolute atomic E-state index is 13.4. The lowest BCUT2D eigenvalue weighted by Crippen LogP contribution is -2.13. The van der Waals surface area contributed by atoms with E-state index >= 15 is 0 Å². The van der Waals surface area contributed by atoms with Gasteiger partial charge in [0.25, 0.3) is 10.0 Å². The summed E-state index contributed by atoms with van der Waals surface area (Å²) >= 11 is 0. The van der Waals surface area contributed by atoms with Crippen molar-refractivity contribution in [2.75, 3.05) is 18.6 Å². The van der Waals surface area contributed by atoms with Gasteiger partial charge in [-0.1, -0.05) is 0 Å². The van der Waals surface area contributed by atoms with Crippen molar-refractivity contribution < 1.29 is 27.0 Å². The first-order valence-corrected chi connectivity index (χ1v) is 7.74. The number of halogens is 1. The Hall–Kier alpha value is -2.48. The third kappa shape index (κ3) is 2.64. The summed E-state index contributed by atoms with van der Waals surface area (Å²) in [6, 6.07) is 7.97. The lowest BCUT2D eigenvalue weighted by Gasteiger charge is -2.10. The number of benzene rings is 2. The normalized spacial score (nSPS) is 13.0. The second kappa shape index (κ2) is 5.38. The largest absolute Gasteiger partial charge is 0.494 e. The van der Waals surface area contributed by atoms with Gasteiger partial charge in [0.1, 0.15) is 0 Å². The standard InChI is InChI=1S/C14H12FNO5S/c1-19-13-7-10(3-4-11(13)15)22(17,18)16-9-2-5-12-14(6-9)21-8-20-12/h2-7,16H,8H2,1H3. The number of rotatable bonds is 4. The summed E-state index contributed by atoms with van der Waals surface area (Å²) in [4.78, 5) is -0.108. The molecule has 116 valence electrons. The van der Waals surface area contributed by atoms with Crippen LogP contribution in [0.5, 0.6) is 17.2 Å². The Bertz CT molecular complexity index is 822. The van der Waals surface area contributed by atoms with Crippen LogP contribution in [-0.4, -0.2) is 22.3 Å². The van der Waals surface area contributed by atoms with Crippen molar-refractivity contribution in [2.45, 2.75) is 4.90 Å². The third-order valence-corrected chi connectivity index (χ3v) is 4.44. The van der Waals surface area contributed by atoms with E-state index in [-0.39, 0.29) is 17.4 Å². The summed E-state index contributed by atoms with van der Waals surface area (Å²) in [6.45, 7) is 0.0979. The predicted octanol–water partition coefficient (Wildman–Crippen LogP) is 2.36. The Morgan fingerprint density at radius 2 is 1.91 bits per heavy atom. The first kappa shape index (κ1) is 14.5. The van der Waals surface area contributed by atoms with Gasteiger partial charge in [0.15, 0.2) is 23.1 Å². The molecule has 1 aliphatic rings. The van der Waals surface area contributed by atoms with Crippen molar-refractivity contribution in [2.24, 2.45) is 0 Å². The summed E-state index contributed by atoms with van der Waals surface area (Å²) < 4.78 is 55.5. The fourth-order valence-corrected chi connectivity index (χ4v) is 3.05. The summed E-state index contributed by atoms with van der Waals surface area (Å²) in [6.07, 6.45) is 0. The van der Waals surface area contributed by atoms with Gasteiger partial charge >= 0.3 is 0 Å². The molecule has 6 nitrogen and oxygen atoms in total. The van der Waals surface area contributed by atoms with E-state index in [0.717, 1.165) is 18.2 Å². The zero-order chi connectivity index (χ0) is 15.7. The first-order chi connectivity index (χ1) is 10.5. The first-order valence-electron chi connectivity index (χ1n) is 6.25. The smallest absolute Gasteiger partial charge is 0.262 e. The molecule has 0 saturated heterocycles. The number of ether oxygens (including phenoxy) is 3. The third-order valence-electron chi connectivity index (χ3n) is 3.06. The molecule has 2 aromatic rings. The molecule has 2 aromatic carbocycles.